The van der Waals surface area contributed by atoms with Crippen LogP contribution in [0.4, 0.5) is 5.82 Å². The van der Waals surface area contributed by atoms with Gasteiger partial charge >= 0.3 is 0 Å². The fourth-order valence-corrected chi connectivity index (χ4v) is 3.55. The first-order chi connectivity index (χ1) is 12.5. The van der Waals surface area contributed by atoms with Crippen molar-refractivity contribution in [3.8, 4) is 22.4 Å². The van der Waals surface area contributed by atoms with Crippen molar-refractivity contribution in [2.24, 2.45) is 0 Å². The molecule has 2 N–H and O–H groups in total. The average Bonchev–Trinajstić information content (AvgIpc) is 2.62. The Morgan fingerprint density at radius 3 is 2.38 bits per heavy atom. The van der Waals surface area contributed by atoms with Crippen LogP contribution in [0.15, 0.2) is 59.3 Å². The lowest BCUT2D eigenvalue weighted by Crippen LogP contribution is -1.99. The molecule has 0 aliphatic rings. The highest BCUT2D eigenvalue weighted by Gasteiger charge is 2.15. The lowest BCUT2D eigenvalue weighted by Gasteiger charge is -2.12. The molecule has 4 rings (SSSR count). The lowest BCUT2D eigenvalue weighted by atomic mass is 10.00. The number of pyridine rings is 1. The Morgan fingerprint density at radius 2 is 1.65 bits per heavy atom. The van der Waals surface area contributed by atoms with E-state index in [0.717, 1.165) is 26.9 Å². The Hall–Kier alpha value is -2.21. The van der Waals surface area contributed by atoms with Crippen LogP contribution < -0.4 is 5.73 Å². The zero-order chi connectivity index (χ0) is 18.3. The van der Waals surface area contributed by atoms with Gasteiger partial charge in [-0.05, 0) is 30.3 Å². The van der Waals surface area contributed by atoms with Crippen LogP contribution in [-0.4, -0.2) is 15.0 Å². The maximum Gasteiger partial charge on any atom is 0.165 e. The Morgan fingerprint density at radius 1 is 0.885 bits per heavy atom. The number of hydrogen-bond acceptors (Lipinski definition) is 4. The van der Waals surface area contributed by atoms with Crippen LogP contribution in [0.2, 0.25) is 10.0 Å². The first-order valence-corrected chi connectivity index (χ1v) is 9.20. The summed E-state index contributed by atoms with van der Waals surface area (Å²) in [5.74, 6) is 0.353. The molecule has 2 heterocycles. The van der Waals surface area contributed by atoms with Crippen LogP contribution in [0.25, 0.3) is 33.4 Å². The quantitative estimate of drug-likeness (QED) is 0.410. The van der Waals surface area contributed by atoms with Crippen molar-refractivity contribution in [1.29, 1.82) is 0 Å². The molecule has 0 aliphatic heterocycles. The number of fused-ring (bicyclic) bond motifs is 1. The number of aromatic nitrogens is 3. The van der Waals surface area contributed by atoms with Crippen LogP contribution >= 0.6 is 39.1 Å². The third-order valence-corrected chi connectivity index (χ3v) is 5.07. The standard InChI is InChI=1S/C19H11BrCl2N4/c20-11-3-1-10(2-4-11)16-8-14(13-6-5-12(21)7-15(13)22)17-18(23)24-9-25-19(17)26-16/h1-9H,(H2,23,24,25,26). The Kier molecular flexibility index (Phi) is 4.53. The van der Waals surface area contributed by atoms with Crippen molar-refractivity contribution < 1.29 is 0 Å². The van der Waals surface area contributed by atoms with E-state index in [9.17, 15) is 0 Å². The van der Waals surface area contributed by atoms with Gasteiger partial charge < -0.3 is 5.73 Å². The predicted octanol–water partition coefficient (Wildman–Crippen LogP) is 6.01. The number of halogens is 3. The van der Waals surface area contributed by atoms with Crippen LogP contribution in [0.5, 0.6) is 0 Å². The van der Waals surface area contributed by atoms with E-state index < -0.39 is 0 Å². The third kappa shape index (κ3) is 3.14. The molecule has 0 amide bonds. The van der Waals surface area contributed by atoms with E-state index in [0.29, 0.717) is 26.9 Å². The Bertz CT molecular complexity index is 1130. The Balaban J connectivity index is 2.04. The van der Waals surface area contributed by atoms with E-state index >= 15 is 0 Å². The number of benzene rings is 2. The first kappa shape index (κ1) is 17.2. The summed E-state index contributed by atoms with van der Waals surface area (Å²) in [7, 11) is 0. The van der Waals surface area contributed by atoms with Crippen LogP contribution in [-0.2, 0) is 0 Å². The van der Waals surface area contributed by atoms with Crippen molar-refractivity contribution in [3.63, 3.8) is 0 Å². The summed E-state index contributed by atoms with van der Waals surface area (Å²) in [6.45, 7) is 0. The number of nitrogen functional groups attached to an aromatic ring is 1. The topological polar surface area (TPSA) is 64.7 Å². The van der Waals surface area contributed by atoms with Crippen molar-refractivity contribution in [2.45, 2.75) is 0 Å². The molecule has 4 aromatic rings. The molecule has 0 bridgehead atoms. The van der Waals surface area contributed by atoms with E-state index in [1.807, 2.05) is 36.4 Å². The van der Waals surface area contributed by atoms with Gasteiger partial charge in [0.15, 0.2) is 5.65 Å². The van der Waals surface area contributed by atoms with Gasteiger partial charge in [-0.3, -0.25) is 0 Å². The maximum absolute atomic E-state index is 6.44. The van der Waals surface area contributed by atoms with Gasteiger partial charge in [0.2, 0.25) is 0 Å². The summed E-state index contributed by atoms with van der Waals surface area (Å²) in [5, 5.41) is 1.75. The normalized spacial score (nSPS) is 11.0. The molecule has 0 atom stereocenters. The van der Waals surface area contributed by atoms with Gasteiger partial charge in [0, 0.05) is 31.2 Å². The van der Waals surface area contributed by atoms with Gasteiger partial charge in [0.1, 0.15) is 12.1 Å². The van der Waals surface area contributed by atoms with E-state index in [4.69, 9.17) is 28.9 Å². The number of hydrogen-bond donors (Lipinski definition) is 1. The molecule has 0 aliphatic carbocycles. The number of anilines is 1. The monoisotopic (exact) mass is 444 g/mol. The molecule has 0 radical (unpaired) electrons. The van der Waals surface area contributed by atoms with Gasteiger partial charge in [0.05, 0.1) is 11.1 Å². The van der Waals surface area contributed by atoms with Gasteiger partial charge in [-0.1, -0.05) is 57.3 Å². The van der Waals surface area contributed by atoms with Crippen molar-refractivity contribution >= 4 is 56.0 Å². The van der Waals surface area contributed by atoms with Gasteiger partial charge in [-0.15, -0.1) is 0 Å². The molecule has 4 nitrogen and oxygen atoms in total. The molecule has 128 valence electrons. The highest BCUT2D eigenvalue weighted by atomic mass is 79.9. The van der Waals surface area contributed by atoms with E-state index in [-0.39, 0.29) is 0 Å². The summed E-state index contributed by atoms with van der Waals surface area (Å²) < 4.78 is 0.995. The van der Waals surface area contributed by atoms with Gasteiger partial charge in [0.25, 0.3) is 0 Å². The summed E-state index contributed by atoms with van der Waals surface area (Å²) >= 11 is 15.9. The van der Waals surface area contributed by atoms with E-state index in [1.54, 1.807) is 12.1 Å². The second-order valence-corrected chi connectivity index (χ2v) is 7.40. The molecular weight excluding hydrogens is 435 g/mol. The number of nitrogens with zero attached hydrogens (tertiary/aromatic N) is 3. The Labute approximate surface area is 168 Å². The van der Waals surface area contributed by atoms with Crippen LogP contribution in [0, 0.1) is 0 Å². The third-order valence-electron chi connectivity index (χ3n) is 3.99. The van der Waals surface area contributed by atoms with E-state index in [1.165, 1.54) is 6.33 Å². The van der Waals surface area contributed by atoms with Crippen LogP contribution in [0.3, 0.4) is 0 Å². The molecule has 0 saturated heterocycles. The van der Waals surface area contributed by atoms with Crippen molar-refractivity contribution in [1.82, 2.24) is 15.0 Å². The van der Waals surface area contributed by atoms with Gasteiger partial charge in [-0.25, -0.2) is 15.0 Å². The van der Waals surface area contributed by atoms with Crippen LogP contribution in [0.1, 0.15) is 0 Å². The minimum absolute atomic E-state index is 0.353. The number of nitrogens with two attached hydrogens (primary N) is 1. The second kappa shape index (κ2) is 6.83. The first-order valence-electron chi connectivity index (χ1n) is 7.65. The molecule has 0 spiro atoms. The zero-order valence-corrected chi connectivity index (χ0v) is 16.3. The largest absolute Gasteiger partial charge is 0.383 e. The highest BCUT2D eigenvalue weighted by Crippen LogP contribution is 2.38. The van der Waals surface area contributed by atoms with Gasteiger partial charge in [-0.2, -0.15) is 0 Å². The van der Waals surface area contributed by atoms with E-state index in [2.05, 4.69) is 30.9 Å². The molecule has 26 heavy (non-hydrogen) atoms. The highest BCUT2D eigenvalue weighted by molar-refractivity contribution is 9.10. The lowest BCUT2D eigenvalue weighted by molar-refractivity contribution is 1.19. The molecule has 2 aromatic carbocycles. The molecule has 0 unspecified atom stereocenters. The fourth-order valence-electron chi connectivity index (χ4n) is 2.78. The molecular formula is C19H11BrCl2N4. The predicted molar refractivity (Wildman–Crippen MR) is 110 cm³/mol. The molecule has 0 saturated carbocycles. The minimum Gasteiger partial charge on any atom is -0.383 e. The van der Waals surface area contributed by atoms with Crippen molar-refractivity contribution in [3.05, 3.63) is 69.4 Å². The SMILES string of the molecule is Nc1ncnc2nc(-c3ccc(Br)cc3)cc(-c3ccc(Cl)cc3Cl)c12. The number of rotatable bonds is 2. The summed E-state index contributed by atoms with van der Waals surface area (Å²) in [6.07, 6.45) is 1.41. The minimum atomic E-state index is 0.353. The second-order valence-electron chi connectivity index (χ2n) is 5.64. The molecule has 0 fully saturated rings. The zero-order valence-electron chi connectivity index (χ0n) is 13.2. The fraction of sp³-hybridized carbons (Fsp3) is 0. The summed E-state index contributed by atoms with van der Waals surface area (Å²) in [6, 6.07) is 15.2. The van der Waals surface area contributed by atoms with Crippen molar-refractivity contribution in [2.75, 3.05) is 5.73 Å². The average molecular weight is 446 g/mol. The molecule has 7 heteroatoms. The summed E-state index contributed by atoms with van der Waals surface area (Å²) in [4.78, 5) is 13.1. The molecule has 2 aromatic heterocycles. The maximum atomic E-state index is 6.44. The summed E-state index contributed by atoms with van der Waals surface area (Å²) in [5.41, 5.74) is 9.96. The smallest absolute Gasteiger partial charge is 0.165 e.